The molecule has 0 aliphatic carbocycles. The minimum Gasteiger partial charge on any atom is -0.373 e. The standard InChI is InChI=1S/C14H19N3O2/c1-14(2)7-12(18)17(13(19)8-14)9-10-4-5-16-11(6-10)15-3/h4-6H,7-9H2,1-3H3,(H,15,16). The van der Waals surface area contributed by atoms with Crippen molar-refractivity contribution in [3.8, 4) is 0 Å². The normalized spacial score (nSPS) is 18.6. The number of aromatic nitrogens is 1. The van der Waals surface area contributed by atoms with Crippen LogP contribution >= 0.6 is 0 Å². The first kappa shape index (κ1) is 13.5. The Hall–Kier alpha value is -1.91. The second kappa shape index (κ2) is 4.99. The van der Waals surface area contributed by atoms with Crippen molar-refractivity contribution in [1.82, 2.24) is 9.88 Å². The zero-order valence-electron chi connectivity index (χ0n) is 11.6. The van der Waals surface area contributed by atoms with Gasteiger partial charge in [-0.3, -0.25) is 14.5 Å². The van der Waals surface area contributed by atoms with E-state index in [9.17, 15) is 9.59 Å². The Morgan fingerprint density at radius 1 is 1.32 bits per heavy atom. The van der Waals surface area contributed by atoms with Crippen LogP contribution in [0.3, 0.4) is 0 Å². The van der Waals surface area contributed by atoms with Crippen molar-refractivity contribution >= 4 is 17.6 Å². The smallest absolute Gasteiger partial charge is 0.230 e. The molecule has 0 unspecified atom stereocenters. The molecule has 0 spiro atoms. The average molecular weight is 261 g/mol. The lowest BCUT2D eigenvalue weighted by molar-refractivity contribution is -0.153. The lowest BCUT2D eigenvalue weighted by Crippen LogP contribution is -2.45. The van der Waals surface area contributed by atoms with E-state index >= 15 is 0 Å². The van der Waals surface area contributed by atoms with Gasteiger partial charge in [-0.2, -0.15) is 0 Å². The van der Waals surface area contributed by atoms with Gasteiger partial charge in [-0.1, -0.05) is 13.8 Å². The van der Waals surface area contributed by atoms with Gasteiger partial charge in [-0.05, 0) is 23.1 Å². The Labute approximate surface area is 113 Å². The van der Waals surface area contributed by atoms with Crippen LogP contribution in [-0.4, -0.2) is 28.7 Å². The summed E-state index contributed by atoms with van der Waals surface area (Å²) in [7, 11) is 1.78. The first-order valence-corrected chi connectivity index (χ1v) is 6.37. The van der Waals surface area contributed by atoms with Gasteiger partial charge in [0.1, 0.15) is 5.82 Å². The Morgan fingerprint density at radius 3 is 2.53 bits per heavy atom. The van der Waals surface area contributed by atoms with Crippen LogP contribution in [0, 0.1) is 5.41 Å². The number of imide groups is 1. The molecule has 2 rings (SSSR count). The second-order valence-corrected chi connectivity index (χ2v) is 5.69. The minimum atomic E-state index is -0.223. The van der Waals surface area contributed by atoms with E-state index in [1.54, 1.807) is 13.2 Å². The van der Waals surface area contributed by atoms with Crippen LogP contribution in [0.15, 0.2) is 18.3 Å². The van der Waals surface area contributed by atoms with Crippen molar-refractivity contribution in [2.45, 2.75) is 33.2 Å². The largest absolute Gasteiger partial charge is 0.373 e. The SMILES string of the molecule is CNc1cc(CN2C(=O)CC(C)(C)CC2=O)ccn1. The Balaban J connectivity index is 2.14. The number of hydrogen-bond donors (Lipinski definition) is 1. The number of nitrogens with one attached hydrogen (secondary N) is 1. The molecule has 1 N–H and O–H groups in total. The van der Waals surface area contributed by atoms with E-state index in [2.05, 4.69) is 10.3 Å². The highest BCUT2D eigenvalue weighted by Crippen LogP contribution is 2.32. The summed E-state index contributed by atoms with van der Waals surface area (Å²) in [4.78, 5) is 29.6. The summed E-state index contributed by atoms with van der Waals surface area (Å²) in [5, 5.41) is 2.94. The maximum atomic E-state index is 12.1. The number of likely N-dealkylation sites (tertiary alicyclic amines) is 1. The molecule has 0 bridgehead atoms. The van der Waals surface area contributed by atoms with Crippen LogP contribution < -0.4 is 5.32 Å². The molecule has 1 aliphatic rings. The Kier molecular flexibility index (Phi) is 3.55. The van der Waals surface area contributed by atoms with Crippen molar-refractivity contribution in [3.63, 3.8) is 0 Å². The van der Waals surface area contributed by atoms with Gasteiger partial charge < -0.3 is 5.32 Å². The number of amides is 2. The van der Waals surface area contributed by atoms with Gasteiger partial charge in [0, 0.05) is 26.1 Å². The minimum absolute atomic E-state index is 0.0935. The zero-order chi connectivity index (χ0) is 14.0. The topological polar surface area (TPSA) is 62.3 Å². The number of carbonyl (C=O) groups is 2. The third-order valence-corrected chi connectivity index (χ3v) is 3.28. The second-order valence-electron chi connectivity index (χ2n) is 5.69. The number of anilines is 1. The van der Waals surface area contributed by atoms with Crippen LogP contribution in [0.25, 0.3) is 0 Å². The molecule has 2 amide bonds. The fourth-order valence-corrected chi connectivity index (χ4v) is 2.28. The Bertz CT molecular complexity index is 491. The van der Waals surface area contributed by atoms with Gasteiger partial charge in [0.2, 0.25) is 11.8 Å². The van der Waals surface area contributed by atoms with Crippen LogP contribution in [-0.2, 0) is 16.1 Å². The van der Waals surface area contributed by atoms with E-state index in [0.717, 1.165) is 11.4 Å². The highest BCUT2D eigenvalue weighted by molar-refractivity contribution is 5.98. The van der Waals surface area contributed by atoms with E-state index < -0.39 is 0 Å². The third kappa shape index (κ3) is 3.10. The summed E-state index contributed by atoms with van der Waals surface area (Å²) < 4.78 is 0. The molecule has 0 saturated carbocycles. The molecule has 19 heavy (non-hydrogen) atoms. The molecule has 5 nitrogen and oxygen atoms in total. The first-order chi connectivity index (χ1) is 8.91. The number of pyridine rings is 1. The maximum absolute atomic E-state index is 12.1. The lowest BCUT2D eigenvalue weighted by Gasteiger charge is -2.34. The summed E-state index contributed by atoms with van der Waals surface area (Å²) in [6, 6.07) is 3.67. The van der Waals surface area contributed by atoms with Gasteiger partial charge in [0.05, 0.1) is 6.54 Å². The molecular weight excluding hydrogens is 242 g/mol. The first-order valence-electron chi connectivity index (χ1n) is 6.37. The molecular formula is C14H19N3O2. The lowest BCUT2D eigenvalue weighted by atomic mass is 9.81. The maximum Gasteiger partial charge on any atom is 0.230 e. The molecule has 0 radical (unpaired) electrons. The molecule has 1 saturated heterocycles. The van der Waals surface area contributed by atoms with E-state index in [4.69, 9.17) is 0 Å². The van der Waals surface area contributed by atoms with Gasteiger partial charge >= 0.3 is 0 Å². The van der Waals surface area contributed by atoms with Gasteiger partial charge in [-0.15, -0.1) is 0 Å². The molecule has 1 aromatic heterocycles. The van der Waals surface area contributed by atoms with Gasteiger partial charge in [-0.25, -0.2) is 4.98 Å². The number of hydrogen-bond acceptors (Lipinski definition) is 4. The molecule has 1 aromatic rings. The highest BCUT2D eigenvalue weighted by Gasteiger charge is 2.37. The van der Waals surface area contributed by atoms with Gasteiger partial charge in [0.25, 0.3) is 0 Å². The quantitative estimate of drug-likeness (QED) is 0.843. The molecule has 0 atom stereocenters. The summed E-state index contributed by atoms with van der Waals surface area (Å²) in [6.07, 6.45) is 2.51. The summed E-state index contributed by atoms with van der Waals surface area (Å²) in [5.74, 6) is 0.544. The van der Waals surface area contributed by atoms with E-state index in [0.29, 0.717) is 19.4 Å². The number of nitrogens with zero attached hydrogens (tertiary/aromatic N) is 2. The van der Waals surface area contributed by atoms with Crippen molar-refractivity contribution in [2.24, 2.45) is 5.41 Å². The zero-order valence-corrected chi connectivity index (χ0v) is 11.6. The third-order valence-electron chi connectivity index (χ3n) is 3.28. The van der Waals surface area contributed by atoms with Crippen molar-refractivity contribution in [3.05, 3.63) is 23.9 Å². The van der Waals surface area contributed by atoms with Crippen molar-refractivity contribution in [1.29, 1.82) is 0 Å². The summed E-state index contributed by atoms with van der Waals surface area (Å²) in [5.41, 5.74) is 0.680. The number of piperidine rings is 1. The van der Waals surface area contributed by atoms with Crippen molar-refractivity contribution < 1.29 is 9.59 Å². The molecule has 102 valence electrons. The van der Waals surface area contributed by atoms with E-state index in [1.807, 2.05) is 26.0 Å². The molecule has 1 aliphatic heterocycles. The number of carbonyl (C=O) groups excluding carboxylic acids is 2. The predicted octanol–water partition coefficient (Wildman–Crippen LogP) is 1.80. The predicted molar refractivity (Wildman–Crippen MR) is 72.4 cm³/mol. The monoisotopic (exact) mass is 261 g/mol. The van der Waals surface area contributed by atoms with E-state index in [-0.39, 0.29) is 17.2 Å². The van der Waals surface area contributed by atoms with Crippen LogP contribution in [0.5, 0.6) is 0 Å². The average Bonchev–Trinajstić information content (AvgIpc) is 2.33. The van der Waals surface area contributed by atoms with Crippen LogP contribution in [0.2, 0.25) is 0 Å². The highest BCUT2D eigenvalue weighted by atomic mass is 16.2. The van der Waals surface area contributed by atoms with Crippen LogP contribution in [0.4, 0.5) is 5.82 Å². The Morgan fingerprint density at radius 2 is 1.95 bits per heavy atom. The summed E-state index contributed by atoms with van der Waals surface area (Å²) >= 11 is 0. The van der Waals surface area contributed by atoms with E-state index in [1.165, 1.54) is 4.90 Å². The number of rotatable bonds is 3. The fourth-order valence-electron chi connectivity index (χ4n) is 2.28. The molecule has 2 heterocycles. The van der Waals surface area contributed by atoms with Crippen LogP contribution in [0.1, 0.15) is 32.3 Å². The summed E-state index contributed by atoms with van der Waals surface area (Å²) in [6.45, 7) is 4.22. The molecule has 1 fully saturated rings. The molecule has 0 aromatic carbocycles. The van der Waals surface area contributed by atoms with Gasteiger partial charge in [0.15, 0.2) is 0 Å². The van der Waals surface area contributed by atoms with Crippen molar-refractivity contribution in [2.75, 3.05) is 12.4 Å². The molecule has 5 heteroatoms. The fraction of sp³-hybridized carbons (Fsp3) is 0.500.